The minimum atomic E-state index is 0.617. The normalized spacial score (nSPS) is 13.2. The van der Waals surface area contributed by atoms with E-state index in [1.54, 1.807) is 11.3 Å². The average Bonchev–Trinajstić information content (AvgIpc) is 2.49. The number of thioether (sulfide) groups is 1. The molecule has 2 nitrogen and oxygen atoms in total. The van der Waals surface area contributed by atoms with Gasteiger partial charge in [0.1, 0.15) is 0 Å². The van der Waals surface area contributed by atoms with Gasteiger partial charge in [0.2, 0.25) is 0 Å². The third kappa shape index (κ3) is 4.31. The van der Waals surface area contributed by atoms with Crippen molar-refractivity contribution in [1.29, 1.82) is 0 Å². The molecule has 0 saturated heterocycles. The van der Waals surface area contributed by atoms with Gasteiger partial charge < -0.3 is 5.73 Å². The van der Waals surface area contributed by atoms with E-state index in [-0.39, 0.29) is 0 Å². The van der Waals surface area contributed by atoms with Gasteiger partial charge in [-0.15, -0.1) is 11.3 Å². The van der Waals surface area contributed by atoms with Crippen molar-refractivity contribution < 1.29 is 0 Å². The standard InChI is InChI=1S/C8H13ClN2S2/c1-6(2-3-10)12-5-7-4-11-8(9)13-7/h4,6H,2-3,5,10H2,1H3. The summed E-state index contributed by atoms with van der Waals surface area (Å²) < 4.78 is 0.627. The summed E-state index contributed by atoms with van der Waals surface area (Å²) in [7, 11) is 0. The number of nitrogens with zero attached hydrogens (tertiary/aromatic N) is 1. The van der Waals surface area contributed by atoms with Gasteiger partial charge in [-0.2, -0.15) is 11.8 Å². The van der Waals surface area contributed by atoms with Gasteiger partial charge in [-0.3, -0.25) is 0 Å². The minimum Gasteiger partial charge on any atom is -0.330 e. The molecule has 0 bridgehead atoms. The van der Waals surface area contributed by atoms with Gasteiger partial charge in [-0.05, 0) is 13.0 Å². The Kier molecular flexibility index (Phi) is 5.09. The maximum Gasteiger partial charge on any atom is 0.183 e. The number of hydrogen-bond acceptors (Lipinski definition) is 4. The van der Waals surface area contributed by atoms with Gasteiger partial charge in [-0.1, -0.05) is 18.5 Å². The van der Waals surface area contributed by atoms with Crippen LogP contribution in [-0.2, 0) is 5.75 Å². The highest BCUT2D eigenvalue weighted by Gasteiger charge is 2.04. The minimum absolute atomic E-state index is 0.617. The van der Waals surface area contributed by atoms with Crippen molar-refractivity contribution in [1.82, 2.24) is 4.98 Å². The van der Waals surface area contributed by atoms with E-state index in [4.69, 9.17) is 17.3 Å². The number of rotatable bonds is 5. The molecule has 0 aliphatic carbocycles. The molecule has 0 spiro atoms. The Hall–Kier alpha value is 0.230. The van der Waals surface area contributed by atoms with E-state index in [1.807, 2.05) is 18.0 Å². The zero-order valence-electron chi connectivity index (χ0n) is 7.50. The van der Waals surface area contributed by atoms with Gasteiger partial charge in [0, 0.05) is 22.1 Å². The smallest absolute Gasteiger partial charge is 0.183 e. The first kappa shape index (κ1) is 11.3. The van der Waals surface area contributed by atoms with Gasteiger partial charge in [-0.25, -0.2) is 4.98 Å². The van der Waals surface area contributed by atoms with Crippen LogP contribution in [0.3, 0.4) is 0 Å². The molecule has 0 aromatic carbocycles. The van der Waals surface area contributed by atoms with Crippen LogP contribution in [0.1, 0.15) is 18.2 Å². The molecule has 13 heavy (non-hydrogen) atoms. The Balaban J connectivity index is 2.26. The van der Waals surface area contributed by atoms with Gasteiger partial charge >= 0.3 is 0 Å². The quantitative estimate of drug-likeness (QED) is 0.855. The highest BCUT2D eigenvalue weighted by Crippen LogP contribution is 2.25. The predicted octanol–water partition coefficient (Wildman–Crippen LogP) is 2.77. The molecule has 1 aromatic rings. The summed E-state index contributed by atoms with van der Waals surface area (Å²) in [6.07, 6.45) is 2.91. The van der Waals surface area contributed by atoms with Crippen molar-refractivity contribution in [3.8, 4) is 0 Å². The molecule has 1 atom stereocenters. The number of aromatic nitrogens is 1. The molecule has 1 unspecified atom stereocenters. The number of hydrogen-bond donors (Lipinski definition) is 1. The molecule has 5 heteroatoms. The van der Waals surface area contributed by atoms with Crippen LogP contribution < -0.4 is 5.73 Å². The molecular formula is C8H13ClN2S2. The van der Waals surface area contributed by atoms with Crippen LogP contribution in [0.2, 0.25) is 4.47 Å². The summed E-state index contributed by atoms with van der Waals surface area (Å²) in [5.74, 6) is 0.992. The lowest BCUT2D eigenvalue weighted by molar-refractivity contribution is 0.823. The fraction of sp³-hybridized carbons (Fsp3) is 0.625. The first-order chi connectivity index (χ1) is 6.22. The van der Waals surface area contributed by atoms with Crippen molar-refractivity contribution >= 4 is 34.7 Å². The third-order valence-electron chi connectivity index (χ3n) is 1.61. The second-order valence-corrected chi connectivity index (χ2v) is 5.90. The van der Waals surface area contributed by atoms with E-state index in [1.165, 1.54) is 4.88 Å². The van der Waals surface area contributed by atoms with Gasteiger partial charge in [0.25, 0.3) is 0 Å². The summed E-state index contributed by atoms with van der Waals surface area (Å²) in [6.45, 7) is 2.96. The second-order valence-electron chi connectivity index (χ2n) is 2.78. The van der Waals surface area contributed by atoms with Crippen molar-refractivity contribution in [2.45, 2.75) is 24.3 Å². The van der Waals surface area contributed by atoms with Crippen molar-refractivity contribution in [3.63, 3.8) is 0 Å². The topological polar surface area (TPSA) is 38.9 Å². The van der Waals surface area contributed by atoms with E-state index in [9.17, 15) is 0 Å². The van der Waals surface area contributed by atoms with Crippen LogP contribution >= 0.6 is 34.7 Å². The average molecular weight is 237 g/mol. The largest absolute Gasteiger partial charge is 0.330 e. The van der Waals surface area contributed by atoms with Crippen molar-refractivity contribution in [2.75, 3.05) is 6.54 Å². The third-order valence-corrected chi connectivity index (χ3v) is 4.19. The van der Waals surface area contributed by atoms with Crippen LogP contribution in [0.25, 0.3) is 0 Å². The fourth-order valence-corrected chi connectivity index (χ4v) is 2.93. The molecule has 0 amide bonds. The maximum atomic E-state index is 5.72. The Labute approximate surface area is 91.9 Å². The molecule has 0 radical (unpaired) electrons. The summed E-state index contributed by atoms with van der Waals surface area (Å²) in [6, 6.07) is 0. The molecule has 0 aliphatic rings. The molecule has 1 heterocycles. The molecule has 2 N–H and O–H groups in total. The van der Waals surface area contributed by atoms with E-state index in [2.05, 4.69) is 11.9 Å². The summed E-state index contributed by atoms with van der Waals surface area (Å²) in [5.41, 5.74) is 5.46. The summed E-state index contributed by atoms with van der Waals surface area (Å²) >= 11 is 9.16. The SMILES string of the molecule is CC(CCN)SCc1cnc(Cl)s1. The van der Waals surface area contributed by atoms with E-state index < -0.39 is 0 Å². The number of nitrogens with two attached hydrogens (primary N) is 1. The molecule has 74 valence electrons. The Morgan fingerprint density at radius 1 is 1.77 bits per heavy atom. The molecule has 0 saturated carbocycles. The van der Waals surface area contributed by atoms with Crippen LogP contribution in [0.5, 0.6) is 0 Å². The number of thiazole rings is 1. The predicted molar refractivity (Wildman–Crippen MR) is 61.6 cm³/mol. The van der Waals surface area contributed by atoms with E-state index in [0.717, 1.165) is 18.7 Å². The lowest BCUT2D eigenvalue weighted by Crippen LogP contribution is -2.06. The lowest BCUT2D eigenvalue weighted by Gasteiger charge is -2.07. The Bertz CT molecular complexity index is 252. The Morgan fingerprint density at radius 3 is 3.08 bits per heavy atom. The van der Waals surface area contributed by atoms with Crippen LogP contribution in [0.15, 0.2) is 6.20 Å². The molecule has 0 aliphatic heterocycles. The van der Waals surface area contributed by atoms with Gasteiger partial charge in [0.15, 0.2) is 4.47 Å². The lowest BCUT2D eigenvalue weighted by atomic mass is 10.3. The van der Waals surface area contributed by atoms with Crippen LogP contribution in [0, 0.1) is 0 Å². The van der Waals surface area contributed by atoms with E-state index in [0.29, 0.717) is 9.72 Å². The van der Waals surface area contributed by atoms with Gasteiger partial charge in [0.05, 0.1) is 0 Å². The maximum absolute atomic E-state index is 5.72. The van der Waals surface area contributed by atoms with Crippen LogP contribution in [-0.4, -0.2) is 16.8 Å². The molecule has 1 aromatic heterocycles. The highest BCUT2D eigenvalue weighted by molar-refractivity contribution is 7.99. The zero-order valence-corrected chi connectivity index (χ0v) is 9.88. The monoisotopic (exact) mass is 236 g/mol. The zero-order chi connectivity index (χ0) is 9.68. The first-order valence-corrected chi connectivity index (χ1v) is 6.38. The van der Waals surface area contributed by atoms with E-state index >= 15 is 0 Å². The summed E-state index contributed by atoms with van der Waals surface area (Å²) in [5, 5.41) is 0.617. The number of halogens is 1. The van der Waals surface area contributed by atoms with Crippen LogP contribution in [0.4, 0.5) is 0 Å². The first-order valence-electron chi connectivity index (χ1n) is 4.14. The second kappa shape index (κ2) is 5.86. The fourth-order valence-electron chi connectivity index (χ4n) is 0.893. The van der Waals surface area contributed by atoms with Crippen molar-refractivity contribution in [3.05, 3.63) is 15.5 Å². The molecule has 1 rings (SSSR count). The van der Waals surface area contributed by atoms with Crippen molar-refractivity contribution in [2.24, 2.45) is 5.73 Å². The highest BCUT2D eigenvalue weighted by atomic mass is 35.5. The molecular weight excluding hydrogens is 224 g/mol. The molecule has 0 fully saturated rings. The summed E-state index contributed by atoms with van der Waals surface area (Å²) in [4.78, 5) is 5.22. The Morgan fingerprint density at radius 2 is 2.54 bits per heavy atom.